The van der Waals surface area contributed by atoms with Gasteiger partial charge in [0.1, 0.15) is 23.7 Å². The zero-order valence-corrected chi connectivity index (χ0v) is 24.7. The van der Waals surface area contributed by atoms with E-state index in [1.54, 1.807) is 36.8 Å². The predicted molar refractivity (Wildman–Crippen MR) is 141 cm³/mol. The first kappa shape index (κ1) is 29.1. The van der Waals surface area contributed by atoms with Crippen LogP contribution in [-0.2, 0) is 8.85 Å². The van der Waals surface area contributed by atoms with E-state index in [0.717, 1.165) is 0 Å². The van der Waals surface area contributed by atoms with Crippen molar-refractivity contribution in [2.75, 3.05) is 0 Å². The summed E-state index contributed by atoms with van der Waals surface area (Å²) >= 11 is 0. The van der Waals surface area contributed by atoms with Crippen molar-refractivity contribution in [3.8, 4) is 0 Å². The molecule has 2 aromatic heterocycles. The molecular formula is C26H46O6Si2. The van der Waals surface area contributed by atoms with E-state index in [2.05, 4.69) is 67.7 Å². The fourth-order valence-corrected chi connectivity index (χ4v) is 6.01. The second-order valence-corrected chi connectivity index (χ2v) is 21.9. The molecule has 0 saturated carbocycles. The molecule has 194 valence electrons. The Morgan fingerprint density at radius 2 is 1.03 bits per heavy atom. The lowest BCUT2D eigenvalue weighted by atomic mass is 9.99. The maximum atomic E-state index is 11.0. The Morgan fingerprint density at radius 1 is 0.706 bits per heavy atom. The van der Waals surface area contributed by atoms with Gasteiger partial charge < -0.3 is 27.9 Å². The fraction of sp³-hybridized carbons (Fsp3) is 0.692. The molecule has 0 fully saturated rings. The summed E-state index contributed by atoms with van der Waals surface area (Å²) in [6.07, 6.45) is 1.21. The summed E-state index contributed by atoms with van der Waals surface area (Å²) in [6.45, 7) is 22.0. The third-order valence-corrected chi connectivity index (χ3v) is 16.6. The molecule has 8 heteroatoms. The van der Waals surface area contributed by atoms with Crippen LogP contribution >= 0.6 is 0 Å². The summed E-state index contributed by atoms with van der Waals surface area (Å²) in [6, 6.07) is 7.09. The molecule has 2 rings (SSSR count). The van der Waals surface area contributed by atoms with Crippen LogP contribution in [0.1, 0.15) is 78.1 Å². The van der Waals surface area contributed by atoms with Gasteiger partial charge >= 0.3 is 0 Å². The molecule has 0 saturated heterocycles. The van der Waals surface area contributed by atoms with Gasteiger partial charge in [0.25, 0.3) is 0 Å². The Hall–Kier alpha value is -1.17. The Balaban J connectivity index is 2.45. The second kappa shape index (κ2) is 10.8. The second-order valence-electron chi connectivity index (χ2n) is 12.4. The fourth-order valence-electron chi connectivity index (χ4n) is 3.30. The maximum Gasteiger partial charge on any atom is 0.192 e. The molecule has 0 unspecified atom stereocenters. The summed E-state index contributed by atoms with van der Waals surface area (Å²) in [5.41, 5.74) is 0. The summed E-state index contributed by atoms with van der Waals surface area (Å²) < 4.78 is 24.8. The Morgan fingerprint density at radius 3 is 1.26 bits per heavy atom. The monoisotopic (exact) mass is 510 g/mol. The van der Waals surface area contributed by atoms with Crippen LogP contribution in [-0.4, -0.2) is 39.1 Å². The van der Waals surface area contributed by atoms with Crippen molar-refractivity contribution in [2.24, 2.45) is 0 Å². The van der Waals surface area contributed by atoms with Crippen LogP contribution < -0.4 is 0 Å². The third-order valence-electron chi connectivity index (χ3n) is 7.57. The first-order valence-electron chi connectivity index (χ1n) is 12.2. The molecule has 0 bridgehead atoms. The van der Waals surface area contributed by atoms with Gasteiger partial charge in [0, 0.05) is 12.8 Å². The first-order valence-corrected chi connectivity index (χ1v) is 18.0. The topological polar surface area (TPSA) is 85.2 Å². The van der Waals surface area contributed by atoms with Crippen LogP contribution in [0.3, 0.4) is 0 Å². The molecule has 0 aromatic carbocycles. The van der Waals surface area contributed by atoms with Crippen LogP contribution in [0.2, 0.25) is 36.3 Å². The standard InChI is InChI=1S/C26H46O6Si2/c1-25(2,3)33(7,8)31-23(17-19(27)21-13-11-15-29-21)24(32-34(9,10)26(4,5)6)18-20(28)22-14-12-16-30-22/h11-16,19-20,23-24,27-28H,17-18H2,1-10H3/t19-,20-,23-,24-/m1/s1. The highest BCUT2D eigenvalue weighted by Crippen LogP contribution is 2.43. The Labute approximate surface area is 207 Å². The number of hydrogen-bond donors (Lipinski definition) is 2. The average molecular weight is 511 g/mol. The minimum absolute atomic E-state index is 0.0258. The zero-order chi connectivity index (χ0) is 25.9. The van der Waals surface area contributed by atoms with E-state index < -0.39 is 41.1 Å². The van der Waals surface area contributed by atoms with Gasteiger partial charge in [-0.3, -0.25) is 0 Å². The van der Waals surface area contributed by atoms with Crippen LogP contribution in [0.25, 0.3) is 0 Å². The van der Waals surface area contributed by atoms with Crippen molar-refractivity contribution in [2.45, 2.75) is 115 Å². The van der Waals surface area contributed by atoms with Crippen molar-refractivity contribution < 1.29 is 27.9 Å². The molecule has 6 nitrogen and oxygen atoms in total. The van der Waals surface area contributed by atoms with Crippen molar-refractivity contribution in [3.63, 3.8) is 0 Å². The summed E-state index contributed by atoms with van der Waals surface area (Å²) in [7, 11) is -4.46. The SMILES string of the molecule is CC(C)(C)[Si](C)(C)O[C@H](C[C@@H](O)c1ccco1)[C@@H](C[C@@H](O)c1ccco1)O[Si](C)(C)C(C)(C)C. The van der Waals surface area contributed by atoms with E-state index in [9.17, 15) is 10.2 Å². The van der Waals surface area contributed by atoms with Crippen molar-refractivity contribution >= 4 is 16.6 Å². The number of aliphatic hydroxyl groups is 2. The summed E-state index contributed by atoms with van der Waals surface area (Å²) in [5, 5.41) is 22.0. The molecule has 0 aliphatic rings. The van der Waals surface area contributed by atoms with Crippen LogP contribution in [0, 0.1) is 0 Å². The molecule has 2 heterocycles. The molecule has 0 aliphatic heterocycles. The van der Waals surface area contributed by atoms with Crippen molar-refractivity contribution in [3.05, 3.63) is 48.3 Å². The summed E-state index contributed by atoms with van der Waals surface area (Å²) in [5.74, 6) is 1.00. The minimum Gasteiger partial charge on any atom is -0.467 e. The van der Waals surface area contributed by atoms with Gasteiger partial charge in [0.15, 0.2) is 16.6 Å². The Bertz CT molecular complexity index is 775. The van der Waals surface area contributed by atoms with Crippen LogP contribution in [0.4, 0.5) is 0 Å². The van der Waals surface area contributed by atoms with E-state index in [1.165, 1.54) is 0 Å². The highest BCUT2D eigenvalue weighted by molar-refractivity contribution is 6.74. The highest BCUT2D eigenvalue weighted by atomic mass is 28.4. The van der Waals surface area contributed by atoms with E-state index in [0.29, 0.717) is 24.4 Å². The number of rotatable bonds is 11. The predicted octanol–water partition coefficient (Wildman–Crippen LogP) is 7.20. The molecule has 0 radical (unpaired) electrons. The largest absolute Gasteiger partial charge is 0.467 e. The molecule has 0 spiro atoms. The lowest BCUT2D eigenvalue weighted by Crippen LogP contribution is -2.52. The quantitative estimate of drug-likeness (QED) is 0.311. The van der Waals surface area contributed by atoms with Crippen LogP contribution in [0.5, 0.6) is 0 Å². The number of aliphatic hydroxyl groups excluding tert-OH is 2. The van der Waals surface area contributed by atoms with Crippen LogP contribution in [0.15, 0.2) is 45.6 Å². The van der Waals surface area contributed by atoms with Crippen molar-refractivity contribution in [1.82, 2.24) is 0 Å². The highest BCUT2D eigenvalue weighted by Gasteiger charge is 2.45. The van der Waals surface area contributed by atoms with Gasteiger partial charge in [-0.25, -0.2) is 0 Å². The minimum atomic E-state index is -2.23. The van der Waals surface area contributed by atoms with Gasteiger partial charge in [-0.05, 0) is 60.5 Å². The molecule has 0 amide bonds. The van der Waals surface area contributed by atoms with E-state index in [-0.39, 0.29) is 10.1 Å². The molecule has 4 atom stereocenters. The molecule has 34 heavy (non-hydrogen) atoms. The van der Waals surface area contributed by atoms with Gasteiger partial charge in [-0.1, -0.05) is 41.5 Å². The van der Waals surface area contributed by atoms with E-state index in [4.69, 9.17) is 17.7 Å². The lowest BCUT2D eigenvalue weighted by Gasteiger charge is -2.45. The van der Waals surface area contributed by atoms with Gasteiger partial charge in [-0.15, -0.1) is 0 Å². The molecule has 2 N–H and O–H groups in total. The zero-order valence-electron chi connectivity index (χ0n) is 22.7. The molecule has 2 aromatic rings. The normalized spacial score (nSPS) is 17.4. The average Bonchev–Trinajstić information content (AvgIpc) is 3.38. The number of hydrogen-bond acceptors (Lipinski definition) is 6. The van der Waals surface area contributed by atoms with E-state index >= 15 is 0 Å². The van der Waals surface area contributed by atoms with Gasteiger partial charge in [0.2, 0.25) is 0 Å². The van der Waals surface area contributed by atoms with Gasteiger partial charge in [-0.2, -0.15) is 0 Å². The molecule has 0 aliphatic carbocycles. The maximum absolute atomic E-state index is 11.0. The van der Waals surface area contributed by atoms with E-state index in [1.807, 2.05) is 0 Å². The lowest BCUT2D eigenvalue weighted by molar-refractivity contribution is -0.0278. The smallest absolute Gasteiger partial charge is 0.192 e. The number of furan rings is 2. The molecular weight excluding hydrogens is 464 g/mol. The summed E-state index contributed by atoms with van der Waals surface area (Å²) in [4.78, 5) is 0. The third kappa shape index (κ3) is 7.42. The first-order chi connectivity index (χ1) is 15.4. The van der Waals surface area contributed by atoms with Crippen molar-refractivity contribution in [1.29, 1.82) is 0 Å². The van der Waals surface area contributed by atoms with Gasteiger partial charge in [0.05, 0.1) is 24.7 Å². The Kier molecular flexibility index (Phi) is 9.27.